The third-order valence-electron chi connectivity index (χ3n) is 8.04. The van der Waals surface area contributed by atoms with Crippen LogP contribution >= 0.6 is 0 Å². The van der Waals surface area contributed by atoms with E-state index in [0.29, 0.717) is 36.2 Å². The number of rotatable bonds is 4. The molecule has 1 aromatic carbocycles. The van der Waals surface area contributed by atoms with Crippen LogP contribution in [0.5, 0.6) is 0 Å². The maximum atomic E-state index is 15.4. The van der Waals surface area contributed by atoms with Gasteiger partial charge < -0.3 is 10.2 Å². The van der Waals surface area contributed by atoms with Gasteiger partial charge in [0.05, 0.1) is 17.0 Å². The Kier molecular flexibility index (Phi) is 4.57. The fourth-order valence-electron chi connectivity index (χ4n) is 5.95. The van der Waals surface area contributed by atoms with E-state index in [0.717, 1.165) is 10.5 Å². The third-order valence-corrected chi connectivity index (χ3v) is 8.04. The van der Waals surface area contributed by atoms with Crippen LogP contribution < -0.4 is 15.5 Å². The van der Waals surface area contributed by atoms with Crippen LogP contribution in [0.4, 0.5) is 28.0 Å². The zero-order valence-corrected chi connectivity index (χ0v) is 19.7. The number of hydrogen-bond acceptors (Lipinski definition) is 5. The van der Waals surface area contributed by atoms with Crippen molar-refractivity contribution < 1.29 is 31.9 Å². The van der Waals surface area contributed by atoms with Gasteiger partial charge in [-0.1, -0.05) is 0 Å². The van der Waals surface area contributed by atoms with Crippen LogP contribution in [0.25, 0.3) is 5.65 Å². The molecule has 3 aromatic rings. The molecule has 196 valence electrons. The summed E-state index contributed by atoms with van der Waals surface area (Å²) in [5.74, 6) is -2.97. The molecular formula is C25H20F4N6O3. The van der Waals surface area contributed by atoms with Crippen molar-refractivity contribution in [3.63, 3.8) is 0 Å². The highest BCUT2D eigenvalue weighted by Crippen LogP contribution is 2.61. The molecule has 2 aromatic heterocycles. The number of benzene rings is 1. The molecule has 3 fully saturated rings. The number of imide groups is 1. The molecule has 1 unspecified atom stereocenters. The Labute approximate surface area is 212 Å². The van der Waals surface area contributed by atoms with Gasteiger partial charge in [-0.15, -0.1) is 0 Å². The molecule has 0 radical (unpaired) electrons. The molecule has 1 saturated heterocycles. The summed E-state index contributed by atoms with van der Waals surface area (Å²) in [6.45, 7) is -1.35. The number of fused-ring (bicyclic) bond motifs is 3. The number of halogens is 4. The van der Waals surface area contributed by atoms with Crippen LogP contribution in [0.1, 0.15) is 59.4 Å². The molecule has 7 rings (SSSR count). The van der Waals surface area contributed by atoms with Gasteiger partial charge in [0.15, 0.2) is 5.65 Å². The van der Waals surface area contributed by atoms with E-state index in [1.807, 2.05) is 0 Å². The fraction of sp³-hybridized carbons (Fsp3) is 0.400. The Morgan fingerprint density at radius 3 is 2.55 bits per heavy atom. The van der Waals surface area contributed by atoms with E-state index in [2.05, 4.69) is 20.7 Å². The Balaban J connectivity index is 1.25. The van der Waals surface area contributed by atoms with Crippen LogP contribution in [0, 0.1) is 5.82 Å². The molecule has 4 aliphatic rings. The van der Waals surface area contributed by atoms with E-state index >= 15 is 4.39 Å². The molecule has 4 amide bonds. The lowest BCUT2D eigenvalue weighted by atomic mass is 9.94. The topological polar surface area (TPSA) is 109 Å². The van der Waals surface area contributed by atoms with Crippen molar-refractivity contribution in [2.45, 2.75) is 48.6 Å². The monoisotopic (exact) mass is 528 g/mol. The standard InChI is InChI=1S/C25H20F4N6O3/c26-17-8-16-19(34(10-25(27,28)29)22(37)24(16)1-2-24)7-13(17)11-5-12(11)14-6-18(33-35-4-3-30-20(14)35)15-9-31-23(38)32-21(15)36/h3-4,6-8,11-12,15H,1-2,5,9-10H2,(H2,31,32,36,38)/t11-,12-,15?/m0/s1. The summed E-state index contributed by atoms with van der Waals surface area (Å²) in [5, 5.41) is 9.25. The lowest BCUT2D eigenvalue weighted by Crippen LogP contribution is -2.51. The summed E-state index contributed by atoms with van der Waals surface area (Å²) in [6.07, 6.45) is -0.107. The lowest BCUT2D eigenvalue weighted by Gasteiger charge is -2.22. The normalized spacial score (nSPS) is 25.5. The summed E-state index contributed by atoms with van der Waals surface area (Å²) < 4.78 is 56.9. The Morgan fingerprint density at radius 1 is 1.08 bits per heavy atom. The zero-order valence-electron chi connectivity index (χ0n) is 19.7. The number of aromatic nitrogens is 3. The number of nitrogens with one attached hydrogen (secondary N) is 2. The van der Waals surface area contributed by atoms with Crippen molar-refractivity contribution >= 4 is 29.2 Å². The molecule has 0 bridgehead atoms. The SMILES string of the molecule is O=C1NCC(c2cc([C@H]3C[C@@H]3c3cc4c(cc3F)C3(CC3)C(=O)N4CC(F)(F)F)c3nccn3n2)C(=O)N1. The molecular weight excluding hydrogens is 508 g/mol. The van der Waals surface area contributed by atoms with Gasteiger partial charge in [0, 0.05) is 30.2 Å². The van der Waals surface area contributed by atoms with Crippen molar-refractivity contribution in [3.05, 3.63) is 58.8 Å². The average molecular weight is 528 g/mol. The Bertz CT molecular complexity index is 1560. The summed E-state index contributed by atoms with van der Waals surface area (Å²) in [7, 11) is 0. The molecule has 2 N–H and O–H groups in total. The van der Waals surface area contributed by atoms with Gasteiger partial charge in [-0.3, -0.25) is 14.9 Å². The largest absolute Gasteiger partial charge is 0.406 e. The quantitative estimate of drug-likeness (QED) is 0.507. The molecule has 1 spiro atoms. The molecule has 38 heavy (non-hydrogen) atoms. The van der Waals surface area contributed by atoms with E-state index in [1.165, 1.54) is 16.6 Å². The highest BCUT2D eigenvalue weighted by molar-refractivity contribution is 6.10. The van der Waals surface area contributed by atoms with E-state index in [9.17, 15) is 27.6 Å². The van der Waals surface area contributed by atoms with Gasteiger partial charge in [-0.25, -0.2) is 18.7 Å². The number of alkyl halides is 3. The highest BCUT2D eigenvalue weighted by Gasteiger charge is 2.61. The van der Waals surface area contributed by atoms with Crippen LogP contribution in [0.15, 0.2) is 30.6 Å². The minimum absolute atomic E-state index is 0.0652. The zero-order chi connectivity index (χ0) is 26.6. The van der Waals surface area contributed by atoms with Gasteiger partial charge in [-0.05, 0) is 60.4 Å². The smallest absolute Gasteiger partial charge is 0.337 e. The molecule has 2 aliphatic heterocycles. The second-order valence-corrected chi connectivity index (χ2v) is 10.4. The number of imidazole rings is 1. The summed E-state index contributed by atoms with van der Waals surface area (Å²) in [4.78, 5) is 41.9. The van der Waals surface area contributed by atoms with Gasteiger partial charge in [-0.2, -0.15) is 18.3 Å². The molecule has 4 heterocycles. The van der Waals surface area contributed by atoms with Crippen LogP contribution in [0.2, 0.25) is 0 Å². The predicted molar refractivity (Wildman–Crippen MR) is 123 cm³/mol. The number of carbonyl (C=O) groups is 3. The number of nitrogens with zero attached hydrogens (tertiary/aromatic N) is 4. The predicted octanol–water partition coefficient (Wildman–Crippen LogP) is 3.00. The van der Waals surface area contributed by atoms with Gasteiger partial charge >= 0.3 is 12.2 Å². The minimum atomic E-state index is -4.59. The first-order chi connectivity index (χ1) is 18.1. The second-order valence-electron chi connectivity index (χ2n) is 10.4. The van der Waals surface area contributed by atoms with Crippen LogP contribution in [-0.4, -0.2) is 51.7 Å². The Morgan fingerprint density at radius 2 is 1.84 bits per heavy atom. The Hall–Kier alpha value is -4.03. The summed E-state index contributed by atoms with van der Waals surface area (Å²) in [5.41, 5.74) is 1.31. The average Bonchev–Trinajstić information content (AvgIpc) is 3.75. The number of hydrogen-bond donors (Lipinski definition) is 2. The van der Waals surface area contributed by atoms with Gasteiger partial charge in [0.1, 0.15) is 12.4 Å². The van der Waals surface area contributed by atoms with Crippen molar-refractivity contribution in [2.24, 2.45) is 0 Å². The number of urea groups is 1. The number of amides is 4. The van der Waals surface area contributed by atoms with E-state index in [1.54, 1.807) is 18.5 Å². The van der Waals surface area contributed by atoms with Crippen molar-refractivity contribution in [1.29, 1.82) is 0 Å². The first-order valence-electron chi connectivity index (χ1n) is 12.2. The molecule has 2 aliphatic carbocycles. The van der Waals surface area contributed by atoms with E-state index in [-0.39, 0.29) is 29.6 Å². The summed E-state index contributed by atoms with van der Waals surface area (Å²) in [6, 6.07) is 3.77. The van der Waals surface area contributed by atoms with Crippen molar-refractivity contribution in [2.75, 3.05) is 18.0 Å². The number of carbonyl (C=O) groups excluding carboxylic acids is 3. The first-order valence-corrected chi connectivity index (χ1v) is 12.2. The lowest BCUT2D eigenvalue weighted by molar-refractivity contribution is -0.132. The third kappa shape index (κ3) is 3.40. The molecule has 3 atom stereocenters. The fourth-order valence-corrected chi connectivity index (χ4v) is 5.95. The second kappa shape index (κ2) is 7.51. The number of anilines is 1. The van der Waals surface area contributed by atoms with Crippen molar-refractivity contribution in [3.8, 4) is 0 Å². The van der Waals surface area contributed by atoms with E-state index in [4.69, 9.17) is 0 Å². The van der Waals surface area contributed by atoms with Crippen LogP contribution in [-0.2, 0) is 15.0 Å². The van der Waals surface area contributed by atoms with Crippen molar-refractivity contribution in [1.82, 2.24) is 25.2 Å². The highest BCUT2D eigenvalue weighted by atomic mass is 19.4. The van der Waals surface area contributed by atoms with Gasteiger partial charge in [0.2, 0.25) is 11.8 Å². The molecule has 13 heteroatoms. The summed E-state index contributed by atoms with van der Waals surface area (Å²) >= 11 is 0. The van der Waals surface area contributed by atoms with Gasteiger partial charge in [0.25, 0.3) is 0 Å². The molecule has 9 nitrogen and oxygen atoms in total. The van der Waals surface area contributed by atoms with E-state index < -0.39 is 47.7 Å². The maximum Gasteiger partial charge on any atom is 0.406 e. The molecule has 2 saturated carbocycles. The van der Waals surface area contributed by atoms with Crippen LogP contribution in [0.3, 0.4) is 0 Å². The maximum absolute atomic E-state index is 15.4. The first kappa shape index (κ1) is 23.1. The minimum Gasteiger partial charge on any atom is -0.337 e.